The predicted molar refractivity (Wildman–Crippen MR) is 58.0 cm³/mol. The van der Waals surface area contributed by atoms with E-state index < -0.39 is 17.9 Å². The molecule has 2 aliphatic heterocycles. The summed E-state index contributed by atoms with van der Waals surface area (Å²) in [5.74, 6) is -1.63. The van der Waals surface area contributed by atoms with Gasteiger partial charge < -0.3 is 15.3 Å². The third kappa shape index (κ3) is 2.25. The summed E-state index contributed by atoms with van der Waals surface area (Å²) in [5.41, 5.74) is 0. The number of nitrogens with one attached hydrogen (secondary N) is 1. The Balaban J connectivity index is 1.98. The molecule has 0 aliphatic carbocycles. The van der Waals surface area contributed by atoms with Crippen molar-refractivity contribution in [1.82, 2.24) is 10.2 Å². The SMILES string of the molecule is CC1CN(C(=O)[C@H]2CCC(=O)N2)CC1C(=O)O. The molecule has 6 nitrogen and oxygen atoms in total. The van der Waals surface area contributed by atoms with Crippen LogP contribution in [0.4, 0.5) is 0 Å². The van der Waals surface area contributed by atoms with Crippen molar-refractivity contribution in [1.29, 1.82) is 0 Å². The number of rotatable bonds is 2. The number of carbonyl (C=O) groups excluding carboxylic acids is 2. The van der Waals surface area contributed by atoms with Crippen molar-refractivity contribution in [2.75, 3.05) is 13.1 Å². The van der Waals surface area contributed by atoms with Gasteiger partial charge in [-0.15, -0.1) is 0 Å². The van der Waals surface area contributed by atoms with E-state index in [1.165, 1.54) is 0 Å². The molecule has 2 heterocycles. The number of carboxylic acids is 1. The quantitative estimate of drug-likeness (QED) is 0.677. The van der Waals surface area contributed by atoms with E-state index >= 15 is 0 Å². The number of amides is 2. The maximum absolute atomic E-state index is 12.0. The van der Waals surface area contributed by atoms with E-state index in [0.29, 0.717) is 19.4 Å². The van der Waals surface area contributed by atoms with Crippen molar-refractivity contribution in [3.05, 3.63) is 0 Å². The molecule has 2 unspecified atom stereocenters. The van der Waals surface area contributed by atoms with Crippen molar-refractivity contribution in [3.63, 3.8) is 0 Å². The van der Waals surface area contributed by atoms with Crippen LogP contribution in [-0.4, -0.2) is 46.9 Å². The highest BCUT2D eigenvalue weighted by atomic mass is 16.4. The van der Waals surface area contributed by atoms with Crippen LogP contribution in [0.2, 0.25) is 0 Å². The van der Waals surface area contributed by atoms with Gasteiger partial charge in [-0.2, -0.15) is 0 Å². The van der Waals surface area contributed by atoms with Crippen LogP contribution in [0, 0.1) is 11.8 Å². The Hall–Kier alpha value is -1.59. The molecular formula is C11H16N2O4. The maximum atomic E-state index is 12.0. The number of carbonyl (C=O) groups is 3. The summed E-state index contributed by atoms with van der Waals surface area (Å²) in [6, 6.07) is -0.456. The van der Waals surface area contributed by atoms with Gasteiger partial charge in [0, 0.05) is 19.5 Å². The Morgan fingerprint density at radius 2 is 2.12 bits per heavy atom. The standard InChI is InChI=1S/C11H16N2O4/c1-6-4-13(5-7(6)11(16)17)10(15)8-2-3-9(14)12-8/h6-8H,2-5H2,1H3,(H,12,14)(H,16,17)/t6?,7?,8-/m1/s1. The molecule has 0 saturated carbocycles. The summed E-state index contributed by atoms with van der Waals surface area (Å²) in [5, 5.41) is 11.6. The Labute approximate surface area is 99.0 Å². The molecule has 0 spiro atoms. The highest BCUT2D eigenvalue weighted by molar-refractivity contribution is 5.91. The molecular weight excluding hydrogens is 224 g/mol. The van der Waals surface area contributed by atoms with Crippen LogP contribution in [-0.2, 0) is 14.4 Å². The van der Waals surface area contributed by atoms with Gasteiger partial charge >= 0.3 is 5.97 Å². The average molecular weight is 240 g/mol. The van der Waals surface area contributed by atoms with Crippen LogP contribution in [0.5, 0.6) is 0 Å². The van der Waals surface area contributed by atoms with Crippen LogP contribution >= 0.6 is 0 Å². The first kappa shape index (κ1) is 11.9. The molecule has 0 aromatic carbocycles. The summed E-state index contributed by atoms with van der Waals surface area (Å²) >= 11 is 0. The number of hydrogen-bond acceptors (Lipinski definition) is 3. The van der Waals surface area contributed by atoms with E-state index in [9.17, 15) is 14.4 Å². The van der Waals surface area contributed by atoms with Crippen molar-refractivity contribution < 1.29 is 19.5 Å². The molecule has 2 aliphatic rings. The molecule has 0 aromatic heterocycles. The fourth-order valence-electron chi connectivity index (χ4n) is 2.49. The lowest BCUT2D eigenvalue weighted by Gasteiger charge is -2.20. The second kappa shape index (κ2) is 4.35. The zero-order valence-corrected chi connectivity index (χ0v) is 9.68. The Bertz CT molecular complexity index is 368. The summed E-state index contributed by atoms with van der Waals surface area (Å²) < 4.78 is 0. The monoisotopic (exact) mass is 240 g/mol. The van der Waals surface area contributed by atoms with Gasteiger partial charge in [-0.25, -0.2) is 0 Å². The van der Waals surface area contributed by atoms with Crippen LogP contribution in [0.25, 0.3) is 0 Å². The van der Waals surface area contributed by atoms with Gasteiger partial charge in [-0.05, 0) is 12.3 Å². The number of nitrogens with zero attached hydrogens (tertiary/aromatic N) is 1. The largest absolute Gasteiger partial charge is 0.481 e. The molecule has 0 radical (unpaired) electrons. The number of hydrogen-bond donors (Lipinski definition) is 2. The summed E-state index contributed by atoms with van der Waals surface area (Å²) in [6.07, 6.45) is 0.891. The van der Waals surface area contributed by atoms with E-state index in [4.69, 9.17) is 5.11 Å². The summed E-state index contributed by atoms with van der Waals surface area (Å²) in [6.45, 7) is 2.54. The minimum absolute atomic E-state index is 0.0337. The molecule has 2 fully saturated rings. The maximum Gasteiger partial charge on any atom is 0.308 e. The normalized spacial score (nSPS) is 32.6. The molecule has 0 aromatic rings. The molecule has 2 amide bonds. The molecule has 2 rings (SSSR count). The third-order valence-electron chi connectivity index (χ3n) is 3.53. The van der Waals surface area contributed by atoms with Gasteiger partial charge in [-0.3, -0.25) is 14.4 Å². The Morgan fingerprint density at radius 3 is 2.59 bits per heavy atom. The lowest BCUT2D eigenvalue weighted by molar-refractivity contribution is -0.142. The molecule has 3 atom stereocenters. The first-order chi connectivity index (χ1) is 7.99. The van der Waals surface area contributed by atoms with Gasteiger partial charge in [-0.1, -0.05) is 6.92 Å². The first-order valence-corrected chi connectivity index (χ1v) is 5.80. The van der Waals surface area contributed by atoms with Crippen molar-refractivity contribution in [2.45, 2.75) is 25.8 Å². The summed E-state index contributed by atoms with van der Waals surface area (Å²) in [7, 11) is 0. The molecule has 17 heavy (non-hydrogen) atoms. The van der Waals surface area contributed by atoms with Crippen molar-refractivity contribution in [3.8, 4) is 0 Å². The molecule has 2 N–H and O–H groups in total. The van der Waals surface area contributed by atoms with E-state index in [-0.39, 0.29) is 24.3 Å². The Morgan fingerprint density at radius 1 is 1.41 bits per heavy atom. The zero-order chi connectivity index (χ0) is 12.6. The summed E-state index contributed by atoms with van der Waals surface area (Å²) in [4.78, 5) is 35.6. The van der Waals surface area contributed by atoms with Gasteiger partial charge in [0.25, 0.3) is 0 Å². The minimum atomic E-state index is -0.858. The molecule has 0 bridgehead atoms. The average Bonchev–Trinajstić information content (AvgIpc) is 2.83. The van der Waals surface area contributed by atoms with Crippen LogP contribution in [0.3, 0.4) is 0 Å². The fourth-order valence-corrected chi connectivity index (χ4v) is 2.49. The van der Waals surface area contributed by atoms with E-state index in [1.807, 2.05) is 6.92 Å². The van der Waals surface area contributed by atoms with Gasteiger partial charge in [0.15, 0.2) is 0 Å². The van der Waals surface area contributed by atoms with Crippen LogP contribution in [0.15, 0.2) is 0 Å². The number of carboxylic acid groups (broad SMARTS) is 1. The molecule has 2 saturated heterocycles. The van der Waals surface area contributed by atoms with Crippen LogP contribution in [0.1, 0.15) is 19.8 Å². The Kier molecular flexibility index (Phi) is 3.04. The van der Waals surface area contributed by atoms with Crippen molar-refractivity contribution in [2.24, 2.45) is 11.8 Å². The molecule has 94 valence electrons. The van der Waals surface area contributed by atoms with E-state index in [2.05, 4.69) is 5.32 Å². The first-order valence-electron chi connectivity index (χ1n) is 5.80. The van der Waals surface area contributed by atoms with Crippen molar-refractivity contribution >= 4 is 17.8 Å². The van der Waals surface area contributed by atoms with Gasteiger partial charge in [0.05, 0.1) is 5.92 Å². The lowest BCUT2D eigenvalue weighted by Crippen LogP contribution is -2.43. The fraction of sp³-hybridized carbons (Fsp3) is 0.727. The van der Waals surface area contributed by atoms with Gasteiger partial charge in [0.1, 0.15) is 6.04 Å². The highest BCUT2D eigenvalue weighted by Gasteiger charge is 2.40. The second-order valence-electron chi connectivity index (χ2n) is 4.82. The van der Waals surface area contributed by atoms with E-state index in [1.54, 1.807) is 4.90 Å². The smallest absolute Gasteiger partial charge is 0.308 e. The zero-order valence-electron chi connectivity index (χ0n) is 9.68. The van der Waals surface area contributed by atoms with Gasteiger partial charge in [0.2, 0.25) is 11.8 Å². The number of likely N-dealkylation sites (tertiary alicyclic amines) is 1. The lowest BCUT2D eigenvalue weighted by atomic mass is 9.99. The topological polar surface area (TPSA) is 86.7 Å². The number of aliphatic carboxylic acids is 1. The predicted octanol–water partition coefficient (Wildman–Crippen LogP) is -0.556. The second-order valence-corrected chi connectivity index (χ2v) is 4.82. The van der Waals surface area contributed by atoms with Crippen LogP contribution < -0.4 is 5.32 Å². The third-order valence-corrected chi connectivity index (χ3v) is 3.53. The molecule has 6 heteroatoms. The van der Waals surface area contributed by atoms with E-state index in [0.717, 1.165) is 0 Å². The minimum Gasteiger partial charge on any atom is -0.481 e. The highest BCUT2D eigenvalue weighted by Crippen LogP contribution is 2.24.